The number of rotatable bonds is 6. The van der Waals surface area contributed by atoms with Crippen molar-refractivity contribution in [1.82, 2.24) is 5.32 Å². The molecule has 3 rings (SSSR count). The van der Waals surface area contributed by atoms with Crippen LogP contribution >= 0.6 is 0 Å². The Balaban J connectivity index is 1.83. The number of amides is 1. The van der Waals surface area contributed by atoms with E-state index in [1.165, 1.54) is 13.2 Å². The van der Waals surface area contributed by atoms with E-state index in [9.17, 15) is 9.18 Å². The van der Waals surface area contributed by atoms with Gasteiger partial charge in [-0.15, -0.1) is 0 Å². The predicted molar refractivity (Wildman–Crippen MR) is 102 cm³/mol. The van der Waals surface area contributed by atoms with Gasteiger partial charge in [-0.2, -0.15) is 0 Å². The third-order valence-corrected chi connectivity index (χ3v) is 5.59. The number of nitrogens with one attached hydrogen (secondary N) is 1. The van der Waals surface area contributed by atoms with Crippen molar-refractivity contribution >= 4 is 5.91 Å². The first-order chi connectivity index (χ1) is 13.0. The van der Waals surface area contributed by atoms with Crippen LogP contribution in [-0.2, 0) is 25.3 Å². The average Bonchev–Trinajstić information content (AvgIpc) is 2.73. The first-order valence-electron chi connectivity index (χ1n) is 9.24. The molecule has 1 heterocycles. The van der Waals surface area contributed by atoms with Crippen LogP contribution in [0.25, 0.3) is 0 Å². The minimum absolute atomic E-state index is 0.0726. The van der Waals surface area contributed by atoms with Crippen LogP contribution in [-0.4, -0.2) is 32.8 Å². The minimum Gasteiger partial charge on any atom is -0.381 e. The van der Waals surface area contributed by atoms with E-state index >= 15 is 0 Å². The molecule has 0 radical (unpaired) electrons. The zero-order valence-corrected chi connectivity index (χ0v) is 15.8. The van der Waals surface area contributed by atoms with E-state index in [0.717, 1.165) is 5.56 Å². The van der Waals surface area contributed by atoms with Gasteiger partial charge in [0.25, 0.3) is 0 Å². The van der Waals surface area contributed by atoms with Crippen LogP contribution in [0.2, 0.25) is 0 Å². The third-order valence-electron chi connectivity index (χ3n) is 5.59. The lowest BCUT2D eigenvalue weighted by Gasteiger charge is -2.38. The minimum atomic E-state index is -0.954. The number of halogens is 1. The molecular weight excluding hydrogens is 345 g/mol. The SMILES string of the molecule is COC(C)(CNC(=O)C1(c2ccccc2)CCOCC1)c1ccccc1F. The van der Waals surface area contributed by atoms with Gasteiger partial charge in [0.05, 0.1) is 12.0 Å². The number of carbonyl (C=O) groups excluding carboxylic acids is 1. The van der Waals surface area contributed by atoms with E-state index in [2.05, 4.69) is 5.32 Å². The molecule has 144 valence electrons. The summed E-state index contributed by atoms with van der Waals surface area (Å²) in [5, 5.41) is 3.02. The van der Waals surface area contributed by atoms with Crippen LogP contribution in [0.3, 0.4) is 0 Å². The Morgan fingerprint density at radius 1 is 1.15 bits per heavy atom. The van der Waals surface area contributed by atoms with Crippen molar-refractivity contribution in [2.45, 2.75) is 30.8 Å². The Labute approximate surface area is 159 Å². The molecule has 1 amide bonds. The highest BCUT2D eigenvalue weighted by molar-refractivity contribution is 5.88. The van der Waals surface area contributed by atoms with Crippen LogP contribution in [0, 0.1) is 5.82 Å². The zero-order chi connectivity index (χ0) is 19.3. The summed E-state index contributed by atoms with van der Waals surface area (Å²) < 4.78 is 25.4. The molecule has 27 heavy (non-hydrogen) atoms. The number of hydrogen-bond donors (Lipinski definition) is 1. The lowest BCUT2D eigenvalue weighted by atomic mass is 9.73. The van der Waals surface area contributed by atoms with Crippen molar-refractivity contribution in [3.63, 3.8) is 0 Å². The quantitative estimate of drug-likeness (QED) is 0.845. The van der Waals surface area contributed by atoms with Gasteiger partial charge < -0.3 is 14.8 Å². The van der Waals surface area contributed by atoms with Crippen molar-refractivity contribution in [2.24, 2.45) is 0 Å². The van der Waals surface area contributed by atoms with Crippen LogP contribution in [0.4, 0.5) is 4.39 Å². The zero-order valence-electron chi connectivity index (χ0n) is 15.8. The second kappa shape index (κ2) is 8.19. The number of hydrogen-bond acceptors (Lipinski definition) is 3. The van der Waals surface area contributed by atoms with Crippen molar-refractivity contribution in [2.75, 3.05) is 26.9 Å². The Morgan fingerprint density at radius 3 is 2.41 bits per heavy atom. The fourth-order valence-electron chi connectivity index (χ4n) is 3.71. The van der Waals surface area contributed by atoms with Gasteiger partial charge in [0.1, 0.15) is 11.4 Å². The number of methoxy groups -OCH3 is 1. The fourth-order valence-corrected chi connectivity index (χ4v) is 3.71. The number of carbonyl (C=O) groups is 1. The topological polar surface area (TPSA) is 47.6 Å². The summed E-state index contributed by atoms with van der Waals surface area (Å²) in [6, 6.07) is 16.3. The smallest absolute Gasteiger partial charge is 0.230 e. The monoisotopic (exact) mass is 371 g/mol. The molecular formula is C22H26FNO3. The molecule has 1 aliphatic rings. The molecule has 0 aromatic heterocycles. The highest BCUT2D eigenvalue weighted by Crippen LogP contribution is 2.35. The van der Waals surface area contributed by atoms with Crippen LogP contribution in [0.15, 0.2) is 54.6 Å². The normalized spacial score (nSPS) is 18.5. The van der Waals surface area contributed by atoms with E-state index in [1.54, 1.807) is 25.1 Å². The first-order valence-corrected chi connectivity index (χ1v) is 9.24. The number of ether oxygens (including phenoxy) is 2. The standard InChI is InChI=1S/C22H26FNO3/c1-21(26-2,18-10-6-7-11-19(18)23)16-24-20(25)22(12-14-27-15-13-22)17-8-4-3-5-9-17/h3-11H,12-16H2,1-2H3,(H,24,25). The predicted octanol–water partition coefficient (Wildman–Crippen LogP) is 3.55. The maximum Gasteiger partial charge on any atom is 0.230 e. The van der Waals surface area contributed by atoms with Crippen molar-refractivity contribution in [1.29, 1.82) is 0 Å². The van der Waals surface area contributed by atoms with Gasteiger partial charge in [0, 0.05) is 25.9 Å². The molecule has 0 spiro atoms. The molecule has 2 aromatic rings. The van der Waals surface area contributed by atoms with Crippen LogP contribution < -0.4 is 5.32 Å². The summed E-state index contributed by atoms with van der Waals surface area (Å²) >= 11 is 0. The van der Waals surface area contributed by atoms with Crippen molar-refractivity contribution in [3.8, 4) is 0 Å². The molecule has 1 aliphatic heterocycles. The first kappa shape index (κ1) is 19.5. The molecule has 0 bridgehead atoms. The van der Waals surface area contributed by atoms with Crippen molar-refractivity contribution < 1.29 is 18.7 Å². The average molecular weight is 371 g/mol. The van der Waals surface area contributed by atoms with E-state index in [1.807, 2.05) is 30.3 Å². The van der Waals surface area contributed by atoms with Gasteiger partial charge in [-0.3, -0.25) is 4.79 Å². The molecule has 0 saturated carbocycles. The fraction of sp³-hybridized carbons (Fsp3) is 0.409. The van der Waals surface area contributed by atoms with E-state index in [-0.39, 0.29) is 18.3 Å². The van der Waals surface area contributed by atoms with Crippen molar-refractivity contribution in [3.05, 3.63) is 71.5 Å². The second-order valence-corrected chi connectivity index (χ2v) is 7.16. The Bertz CT molecular complexity index is 774. The molecule has 4 nitrogen and oxygen atoms in total. The molecule has 5 heteroatoms. The van der Waals surface area contributed by atoms with Crippen LogP contribution in [0.5, 0.6) is 0 Å². The van der Waals surface area contributed by atoms with E-state index in [4.69, 9.17) is 9.47 Å². The van der Waals surface area contributed by atoms with Gasteiger partial charge in [-0.1, -0.05) is 48.5 Å². The molecule has 0 aliphatic carbocycles. The molecule has 1 saturated heterocycles. The summed E-state index contributed by atoms with van der Waals surface area (Å²) in [5.41, 5.74) is -0.183. The molecule has 1 unspecified atom stereocenters. The summed E-state index contributed by atoms with van der Waals surface area (Å²) in [6.45, 7) is 3.04. The van der Waals surface area contributed by atoms with Gasteiger partial charge in [0.2, 0.25) is 5.91 Å². The maximum absolute atomic E-state index is 14.3. The molecule has 1 atom stereocenters. The third kappa shape index (κ3) is 3.89. The highest BCUT2D eigenvalue weighted by Gasteiger charge is 2.42. The second-order valence-electron chi connectivity index (χ2n) is 7.16. The summed E-state index contributed by atoms with van der Waals surface area (Å²) in [5.74, 6) is -0.420. The van der Waals surface area contributed by atoms with Gasteiger partial charge in [-0.25, -0.2) is 4.39 Å². The summed E-state index contributed by atoms with van der Waals surface area (Å²) in [6.07, 6.45) is 1.23. The van der Waals surface area contributed by atoms with E-state index in [0.29, 0.717) is 31.6 Å². The van der Waals surface area contributed by atoms with Gasteiger partial charge in [-0.05, 0) is 31.4 Å². The van der Waals surface area contributed by atoms with Gasteiger partial charge >= 0.3 is 0 Å². The lowest BCUT2D eigenvalue weighted by Crippen LogP contribution is -2.51. The Hall–Kier alpha value is -2.24. The Kier molecular flexibility index (Phi) is 5.92. The van der Waals surface area contributed by atoms with Gasteiger partial charge in [0.15, 0.2) is 0 Å². The molecule has 1 N–H and O–H groups in total. The summed E-state index contributed by atoms with van der Waals surface area (Å²) in [7, 11) is 1.53. The Morgan fingerprint density at radius 2 is 1.78 bits per heavy atom. The maximum atomic E-state index is 14.3. The highest BCUT2D eigenvalue weighted by atomic mass is 19.1. The largest absolute Gasteiger partial charge is 0.381 e. The molecule has 1 fully saturated rings. The molecule has 2 aromatic carbocycles. The number of benzene rings is 2. The van der Waals surface area contributed by atoms with Crippen LogP contribution in [0.1, 0.15) is 30.9 Å². The lowest BCUT2D eigenvalue weighted by molar-refractivity contribution is -0.132. The van der Waals surface area contributed by atoms with E-state index < -0.39 is 11.0 Å². The summed E-state index contributed by atoms with van der Waals surface area (Å²) in [4.78, 5) is 13.3.